The third-order valence-corrected chi connectivity index (χ3v) is 3.31. The molecule has 1 aliphatic rings. The van der Waals surface area contributed by atoms with Gasteiger partial charge in [-0.3, -0.25) is 9.46 Å². The minimum atomic E-state index is 0.305. The minimum Gasteiger partial charge on any atom is -0.490 e. The van der Waals surface area contributed by atoms with E-state index in [1.807, 2.05) is 12.1 Å². The molecule has 0 radical (unpaired) electrons. The summed E-state index contributed by atoms with van der Waals surface area (Å²) in [5.74, 6) is 0.854. The highest BCUT2D eigenvalue weighted by Crippen LogP contribution is 2.20. The number of aldehydes is 1. The van der Waals surface area contributed by atoms with Gasteiger partial charge in [-0.05, 0) is 37.1 Å². The number of piperidine rings is 1. The molecule has 16 heavy (non-hydrogen) atoms. The van der Waals surface area contributed by atoms with Crippen LogP contribution in [0, 0.1) is 0 Å². The van der Waals surface area contributed by atoms with Crippen LogP contribution in [-0.2, 0) is 0 Å². The van der Waals surface area contributed by atoms with E-state index < -0.39 is 0 Å². The SMILES string of the molecule is O=Cc1ccc(OC2CCN(P)CC2)cc1. The summed E-state index contributed by atoms with van der Waals surface area (Å²) >= 11 is 0. The van der Waals surface area contributed by atoms with Crippen molar-refractivity contribution < 1.29 is 9.53 Å². The predicted molar refractivity (Wildman–Crippen MR) is 66.8 cm³/mol. The largest absolute Gasteiger partial charge is 0.490 e. The molecule has 86 valence electrons. The van der Waals surface area contributed by atoms with E-state index in [9.17, 15) is 4.79 Å². The lowest BCUT2D eigenvalue weighted by atomic mass is 10.1. The lowest BCUT2D eigenvalue weighted by molar-refractivity contribution is 0.112. The molecule has 2 rings (SSSR count). The number of carbonyl (C=O) groups excluding carboxylic acids is 1. The average molecular weight is 237 g/mol. The Morgan fingerprint density at radius 3 is 2.44 bits per heavy atom. The number of ether oxygens (including phenoxy) is 1. The Kier molecular flexibility index (Phi) is 3.92. The summed E-state index contributed by atoms with van der Waals surface area (Å²) in [7, 11) is 2.72. The molecular formula is C12H16NO2P. The van der Waals surface area contributed by atoms with E-state index in [0.717, 1.165) is 38.0 Å². The minimum absolute atomic E-state index is 0.305. The summed E-state index contributed by atoms with van der Waals surface area (Å²) in [4.78, 5) is 10.5. The van der Waals surface area contributed by atoms with Crippen molar-refractivity contribution in [3.8, 4) is 5.75 Å². The molecule has 0 amide bonds. The van der Waals surface area contributed by atoms with E-state index >= 15 is 0 Å². The highest BCUT2D eigenvalue weighted by Gasteiger charge is 2.17. The molecule has 1 heterocycles. The fraction of sp³-hybridized carbons (Fsp3) is 0.417. The number of hydrogen-bond acceptors (Lipinski definition) is 3. The van der Waals surface area contributed by atoms with Gasteiger partial charge in [-0.2, -0.15) is 0 Å². The molecule has 0 aliphatic carbocycles. The van der Waals surface area contributed by atoms with Crippen molar-refractivity contribution in [3.05, 3.63) is 29.8 Å². The Hall–Kier alpha value is -0.920. The second-order valence-corrected chi connectivity index (χ2v) is 4.77. The molecule has 1 atom stereocenters. The molecular weight excluding hydrogens is 221 g/mol. The highest BCUT2D eigenvalue weighted by atomic mass is 31.0. The number of carbonyl (C=O) groups is 1. The van der Waals surface area contributed by atoms with Crippen LogP contribution < -0.4 is 4.74 Å². The second-order valence-electron chi connectivity index (χ2n) is 4.04. The van der Waals surface area contributed by atoms with Crippen LogP contribution in [0.5, 0.6) is 5.75 Å². The van der Waals surface area contributed by atoms with E-state index in [-0.39, 0.29) is 0 Å². The molecule has 1 saturated heterocycles. The Bertz CT molecular complexity index is 345. The van der Waals surface area contributed by atoms with Crippen molar-refractivity contribution in [2.75, 3.05) is 13.1 Å². The van der Waals surface area contributed by atoms with Gasteiger partial charge in [0.25, 0.3) is 0 Å². The summed E-state index contributed by atoms with van der Waals surface area (Å²) in [5, 5.41) is 0. The topological polar surface area (TPSA) is 29.5 Å². The van der Waals surface area contributed by atoms with Gasteiger partial charge in [-0.25, -0.2) is 0 Å². The second kappa shape index (κ2) is 5.42. The van der Waals surface area contributed by atoms with Crippen molar-refractivity contribution in [3.63, 3.8) is 0 Å². The molecule has 1 fully saturated rings. The average Bonchev–Trinajstić information content (AvgIpc) is 2.33. The van der Waals surface area contributed by atoms with Crippen LogP contribution in [0.3, 0.4) is 0 Å². The third kappa shape index (κ3) is 3.03. The van der Waals surface area contributed by atoms with Gasteiger partial charge in [0.2, 0.25) is 0 Å². The van der Waals surface area contributed by atoms with E-state index in [1.165, 1.54) is 0 Å². The fourth-order valence-electron chi connectivity index (χ4n) is 1.81. The monoisotopic (exact) mass is 237 g/mol. The fourth-order valence-corrected chi connectivity index (χ4v) is 2.11. The van der Waals surface area contributed by atoms with Gasteiger partial charge in [0.15, 0.2) is 0 Å². The van der Waals surface area contributed by atoms with E-state index in [2.05, 4.69) is 14.1 Å². The molecule has 1 aromatic carbocycles. The van der Waals surface area contributed by atoms with Crippen molar-refractivity contribution in [1.82, 2.24) is 4.67 Å². The number of rotatable bonds is 3. The maximum absolute atomic E-state index is 10.5. The molecule has 0 saturated carbocycles. The molecule has 1 aromatic rings. The zero-order valence-corrected chi connectivity index (χ0v) is 10.3. The molecule has 0 bridgehead atoms. The van der Waals surface area contributed by atoms with Crippen LogP contribution in [0.4, 0.5) is 0 Å². The van der Waals surface area contributed by atoms with Crippen LogP contribution in [0.2, 0.25) is 0 Å². The first kappa shape index (κ1) is 11.6. The van der Waals surface area contributed by atoms with E-state index in [4.69, 9.17) is 4.74 Å². The summed E-state index contributed by atoms with van der Waals surface area (Å²) in [5.41, 5.74) is 0.687. The van der Waals surface area contributed by atoms with Gasteiger partial charge in [0.1, 0.15) is 18.1 Å². The van der Waals surface area contributed by atoms with Crippen molar-refractivity contribution in [1.29, 1.82) is 0 Å². The molecule has 1 unspecified atom stereocenters. The van der Waals surface area contributed by atoms with Crippen molar-refractivity contribution in [2.24, 2.45) is 0 Å². The maximum Gasteiger partial charge on any atom is 0.150 e. The lowest BCUT2D eigenvalue weighted by Gasteiger charge is -2.29. The smallest absolute Gasteiger partial charge is 0.150 e. The molecule has 0 aromatic heterocycles. The highest BCUT2D eigenvalue weighted by molar-refractivity contribution is 7.13. The Labute approximate surface area is 98.0 Å². The standard InChI is InChI=1S/C12H16NO2P/c14-9-10-1-3-11(4-2-10)15-12-5-7-13(16)8-6-12/h1-4,9,12H,5-8,16H2. The van der Waals surface area contributed by atoms with Gasteiger partial charge < -0.3 is 4.74 Å². The Morgan fingerprint density at radius 2 is 1.88 bits per heavy atom. The summed E-state index contributed by atoms with van der Waals surface area (Å²) in [6.45, 7) is 2.11. The lowest BCUT2D eigenvalue weighted by Crippen LogP contribution is -2.32. The Morgan fingerprint density at radius 1 is 1.25 bits per heavy atom. The van der Waals surface area contributed by atoms with Gasteiger partial charge in [-0.1, -0.05) is 9.39 Å². The third-order valence-electron chi connectivity index (χ3n) is 2.80. The maximum atomic E-state index is 10.5. The molecule has 4 heteroatoms. The normalized spacial score (nSPS) is 18.3. The zero-order valence-electron chi connectivity index (χ0n) is 9.13. The first-order valence-corrected chi connectivity index (χ1v) is 6.01. The summed E-state index contributed by atoms with van der Waals surface area (Å²) < 4.78 is 8.08. The molecule has 0 spiro atoms. The first-order chi connectivity index (χ1) is 7.78. The van der Waals surface area contributed by atoms with Gasteiger partial charge in [0, 0.05) is 18.7 Å². The molecule has 1 aliphatic heterocycles. The van der Waals surface area contributed by atoms with Gasteiger partial charge in [0.05, 0.1) is 0 Å². The van der Waals surface area contributed by atoms with Crippen LogP contribution >= 0.6 is 9.39 Å². The first-order valence-electron chi connectivity index (χ1n) is 5.49. The Balaban J connectivity index is 1.91. The zero-order chi connectivity index (χ0) is 11.4. The summed E-state index contributed by atoms with van der Waals surface area (Å²) in [6, 6.07) is 7.29. The molecule has 0 N–H and O–H groups in total. The van der Waals surface area contributed by atoms with E-state index in [0.29, 0.717) is 11.7 Å². The summed E-state index contributed by atoms with van der Waals surface area (Å²) in [6.07, 6.45) is 3.26. The predicted octanol–water partition coefficient (Wildman–Crippen LogP) is 2.13. The van der Waals surface area contributed by atoms with E-state index in [1.54, 1.807) is 12.1 Å². The van der Waals surface area contributed by atoms with Crippen LogP contribution in [0.25, 0.3) is 0 Å². The number of benzene rings is 1. The van der Waals surface area contributed by atoms with Crippen LogP contribution in [-0.4, -0.2) is 30.2 Å². The van der Waals surface area contributed by atoms with Crippen molar-refractivity contribution in [2.45, 2.75) is 18.9 Å². The van der Waals surface area contributed by atoms with Crippen LogP contribution in [0.1, 0.15) is 23.2 Å². The van der Waals surface area contributed by atoms with Gasteiger partial charge >= 0.3 is 0 Å². The van der Waals surface area contributed by atoms with Crippen molar-refractivity contribution >= 4 is 15.7 Å². The van der Waals surface area contributed by atoms with Gasteiger partial charge in [-0.15, -0.1) is 0 Å². The number of hydrogen-bond donors (Lipinski definition) is 0. The quantitative estimate of drug-likeness (QED) is 0.595. The number of nitrogens with zero attached hydrogens (tertiary/aromatic N) is 1. The van der Waals surface area contributed by atoms with Crippen LogP contribution in [0.15, 0.2) is 24.3 Å². The molecule has 3 nitrogen and oxygen atoms in total.